The molecular formula is C11H10F2INO. The summed E-state index contributed by atoms with van der Waals surface area (Å²) in [6, 6.07) is 5.44. The predicted octanol–water partition coefficient (Wildman–Crippen LogP) is 2.69. The molecule has 0 aliphatic carbocycles. The molecule has 1 aromatic rings. The molecule has 0 atom stereocenters. The standard InChI is InChI=1S/C11H10F2INO/c1-7-2-3-8(14)4-9(7)10(16)15-5-11(12,13)6-15/h2-4H,5-6H2,1H3. The van der Waals surface area contributed by atoms with Crippen LogP contribution in [0.2, 0.25) is 0 Å². The van der Waals surface area contributed by atoms with Crippen LogP contribution in [0.25, 0.3) is 0 Å². The highest BCUT2D eigenvalue weighted by Crippen LogP contribution is 2.28. The first kappa shape index (κ1) is 11.8. The minimum atomic E-state index is -2.70. The highest BCUT2D eigenvalue weighted by molar-refractivity contribution is 14.1. The Bertz CT molecular complexity index is 440. The molecule has 0 spiro atoms. The fourth-order valence-electron chi connectivity index (χ4n) is 1.65. The van der Waals surface area contributed by atoms with Gasteiger partial charge in [-0.25, -0.2) is 8.78 Å². The predicted molar refractivity (Wildman–Crippen MR) is 64.7 cm³/mol. The van der Waals surface area contributed by atoms with Crippen molar-refractivity contribution in [2.24, 2.45) is 0 Å². The van der Waals surface area contributed by atoms with Crippen molar-refractivity contribution in [1.82, 2.24) is 4.90 Å². The summed E-state index contributed by atoms with van der Waals surface area (Å²) in [6.07, 6.45) is 0. The Morgan fingerprint density at radius 2 is 2.06 bits per heavy atom. The lowest BCUT2D eigenvalue weighted by molar-refractivity contribution is -0.113. The van der Waals surface area contributed by atoms with Gasteiger partial charge in [-0.15, -0.1) is 0 Å². The maximum atomic E-state index is 12.6. The van der Waals surface area contributed by atoms with E-state index in [2.05, 4.69) is 22.6 Å². The van der Waals surface area contributed by atoms with Gasteiger partial charge >= 0.3 is 0 Å². The molecule has 1 amide bonds. The molecule has 1 heterocycles. The molecule has 0 saturated carbocycles. The summed E-state index contributed by atoms with van der Waals surface area (Å²) < 4.78 is 26.2. The van der Waals surface area contributed by atoms with Crippen LogP contribution in [0, 0.1) is 10.5 Å². The molecule has 86 valence electrons. The molecule has 0 N–H and O–H groups in total. The van der Waals surface area contributed by atoms with E-state index in [0.29, 0.717) is 5.56 Å². The van der Waals surface area contributed by atoms with Gasteiger partial charge in [0.1, 0.15) is 0 Å². The van der Waals surface area contributed by atoms with E-state index in [4.69, 9.17) is 0 Å². The van der Waals surface area contributed by atoms with Crippen LogP contribution in [-0.4, -0.2) is 29.8 Å². The maximum absolute atomic E-state index is 12.6. The molecule has 16 heavy (non-hydrogen) atoms. The number of carbonyl (C=O) groups is 1. The van der Waals surface area contributed by atoms with E-state index in [1.54, 1.807) is 13.0 Å². The molecule has 1 aliphatic heterocycles. The third-order valence-corrected chi connectivity index (χ3v) is 3.23. The smallest absolute Gasteiger partial charge is 0.282 e. The summed E-state index contributed by atoms with van der Waals surface area (Å²) in [7, 11) is 0. The van der Waals surface area contributed by atoms with E-state index in [1.807, 2.05) is 12.1 Å². The van der Waals surface area contributed by atoms with Crippen molar-refractivity contribution >= 4 is 28.5 Å². The minimum absolute atomic E-state index is 0.304. The average Bonchev–Trinajstić information content (AvgIpc) is 2.17. The van der Waals surface area contributed by atoms with Gasteiger partial charge in [0.2, 0.25) is 0 Å². The van der Waals surface area contributed by atoms with E-state index < -0.39 is 19.0 Å². The van der Waals surface area contributed by atoms with Gasteiger partial charge in [0.25, 0.3) is 11.8 Å². The van der Waals surface area contributed by atoms with E-state index in [0.717, 1.165) is 9.13 Å². The molecule has 2 nitrogen and oxygen atoms in total. The van der Waals surface area contributed by atoms with E-state index in [-0.39, 0.29) is 5.91 Å². The third kappa shape index (κ3) is 2.18. The third-order valence-electron chi connectivity index (χ3n) is 2.56. The van der Waals surface area contributed by atoms with E-state index in [9.17, 15) is 13.6 Å². The first-order valence-electron chi connectivity index (χ1n) is 4.82. The SMILES string of the molecule is Cc1ccc(I)cc1C(=O)N1CC(F)(F)C1. The molecule has 1 fully saturated rings. The van der Waals surface area contributed by atoms with Crippen molar-refractivity contribution in [3.63, 3.8) is 0 Å². The molecule has 5 heteroatoms. The first-order valence-corrected chi connectivity index (χ1v) is 5.90. The van der Waals surface area contributed by atoms with Gasteiger partial charge in [-0.2, -0.15) is 0 Å². The zero-order valence-corrected chi connectivity index (χ0v) is 10.8. The van der Waals surface area contributed by atoms with Crippen LogP contribution in [0.4, 0.5) is 8.78 Å². The van der Waals surface area contributed by atoms with Gasteiger partial charge in [-0.05, 0) is 47.2 Å². The van der Waals surface area contributed by atoms with Crippen molar-refractivity contribution < 1.29 is 13.6 Å². The van der Waals surface area contributed by atoms with Gasteiger partial charge in [-0.3, -0.25) is 4.79 Å². The average molecular weight is 337 g/mol. The first-order chi connectivity index (χ1) is 7.39. The van der Waals surface area contributed by atoms with Gasteiger partial charge in [0.15, 0.2) is 0 Å². The number of nitrogens with zero attached hydrogens (tertiary/aromatic N) is 1. The molecule has 2 rings (SSSR count). The molecule has 0 radical (unpaired) electrons. The summed E-state index contributed by atoms with van der Waals surface area (Å²) >= 11 is 2.10. The molecule has 1 aliphatic rings. The molecular weight excluding hydrogens is 327 g/mol. The van der Waals surface area contributed by atoms with E-state index in [1.165, 1.54) is 4.90 Å². The van der Waals surface area contributed by atoms with Crippen LogP contribution in [0.5, 0.6) is 0 Å². The quantitative estimate of drug-likeness (QED) is 0.722. The van der Waals surface area contributed by atoms with Crippen LogP contribution >= 0.6 is 22.6 Å². The number of alkyl halides is 2. The summed E-state index contributed by atoms with van der Waals surface area (Å²) in [5.74, 6) is -3.01. The summed E-state index contributed by atoms with van der Waals surface area (Å²) in [5.41, 5.74) is 1.34. The number of likely N-dealkylation sites (tertiary alicyclic amines) is 1. The lowest BCUT2D eigenvalue weighted by atomic mass is 10.0. The van der Waals surface area contributed by atoms with Crippen molar-refractivity contribution in [3.05, 3.63) is 32.9 Å². The van der Waals surface area contributed by atoms with Gasteiger partial charge in [0.05, 0.1) is 13.1 Å². The Morgan fingerprint density at radius 1 is 1.44 bits per heavy atom. The zero-order chi connectivity index (χ0) is 11.9. The Morgan fingerprint density at radius 3 is 2.62 bits per heavy atom. The molecule has 0 bridgehead atoms. The van der Waals surface area contributed by atoms with Gasteiger partial charge in [0, 0.05) is 9.13 Å². The van der Waals surface area contributed by atoms with Gasteiger partial charge in [-0.1, -0.05) is 6.07 Å². The number of benzene rings is 1. The second kappa shape index (κ2) is 3.94. The number of halogens is 3. The molecule has 1 aromatic carbocycles. The summed E-state index contributed by atoms with van der Waals surface area (Å²) in [6.45, 7) is 0.884. The van der Waals surface area contributed by atoms with Crippen LogP contribution in [0.1, 0.15) is 15.9 Å². The van der Waals surface area contributed by atoms with E-state index >= 15 is 0 Å². The normalized spacial score (nSPS) is 18.1. The summed E-state index contributed by atoms with van der Waals surface area (Å²) in [5, 5.41) is 0. The summed E-state index contributed by atoms with van der Waals surface area (Å²) in [4.78, 5) is 13.1. The van der Waals surface area contributed by atoms with Crippen molar-refractivity contribution in [3.8, 4) is 0 Å². The number of hydrogen-bond donors (Lipinski definition) is 0. The largest absolute Gasteiger partial charge is 0.326 e. The number of aryl methyl sites for hydroxylation is 1. The van der Waals surface area contributed by atoms with Crippen LogP contribution in [-0.2, 0) is 0 Å². The Labute approximate surface area is 106 Å². The number of hydrogen-bond acceptors (Lipinski definition) is 1. The number of amides is 1. The van der Waals surface area contributed by atoms with Crippen LogP contribution < -0.4 is 0 Å². The van der Waals surface area contributed by atoms with Crippen LogP contribution in [0.3, 0.4) is 0 Å². The second-order valence-electron chi connectivity index (χ2n) is 3.98. The van der Waals surface area contributed by atoms with Crippen molar-refractivity contribution in [2.45, 2.75) is 12.8 Å². The molecule has 0 aromatic heterocycles. The van der Waals surface area contributed by atoms with Crippen molar-refractivity contribution in [2.75, 3.05) is 13.1 Å². The second-order valence-corrected chi connectivity index (χ2v) is 5.22. The Hall–Kier alpha value is -0.720. The zero-order valence-electron chi connectivity index (χ0n) is 8.64. The fraction of sp³-hybridized carbons (Fsp3) is 0.364. The highest BCUT2D eigenvalue weighted by Gasteiger charge is 2.46. The fourth-order valence-corrected chi connectivity index (χ4v) is 2.14. The monoisotopic (exact) mass is 337 g/mol. The highest BCUT2D eigenvalue weighted by atomic mass is 127. The number of carbonyl (C=O) groups excluding carboxylic acids is 1. The van der Waals surface area contributed by atoms with Crippen molar-refractivity contribution in [1.29, 1.82) is 0 Å². The lowest BCUT2D eigenvalue weighted by Crippen LogP contribution is -2.58. The molecule has 0 unspecified atom stereocenters. The lowest BCUT2D eigenvalue weighted by Gasteiger charge is -2.38. The maximum Gasteiger partial charge on any atom is 0.282 e. The Kier molecular flexibility index (Phi) is 2.90. The Balaban J connectivity index is 2.19. The number of rotatable bonds is 1. The topological polar surface area (TPSA) is 20.3 Å². The van der Waals surface area contributed by atoms with Gasteiger partial charge < -0.3 is 4.90 Å². The minimum Gasteiger partial charge on any atom is -0.326 e. The van der Waals surface area contributed by atoms with Crippen LogP contribution in [0.15, 0.2) is 18.2 Å². The molecule has 1 saturated heterocycles.